The van der Waals surface area contributed by atoms with Crippen molar-refractivity contribution in [3.05, 3.63) is 28.0 Å². The van der Waals surface area contributed by atoms with Crippen LogP contribution in [0.1, 0.15) is 0 Å². The molecule has 0 spiro atoms. The van der Waals surface area contributed by atoms with E-state index in [2.05, 4.69) is 19.7 Å². The van der Waals surface area contributed by atoms with Crippen LogP contribution >= 0.6 is 34.8 Å². The maximum atomic E-state index is 12.0. The van der Waals surface area contributed by atoms with E-state index >= 15 is 0 Å². The van der Waals surface area contributed by atoms with Crippen LogP contribution in [0, 0.1) is 0 Å². The van der Waals surface area contributed by atoms with Crippen LogP contribution < -0.4 is 4.72 Å². The zero-order valence-corrected chi connectivity index (χ0v) is 12.4. The Kier molecular flexibility index (Phi) is 3.86. The monoisotopic (exact) mass is 341 g/mol. The minimum atomic E-state index is -3.98. The Morgan fingerprint density at radius 1 is 1.26 bits per heavy atom. The lowest BCUT2D eigenvalue weighted by Gasteiger charge is -2.06. The number of nitrogens with one attached hydrogen (secondary N) is 1. The Labute approximate surface area is 123 Å². The summed E-state index contributed by atoms with van der Waals surface area (Å²) < 4.78 is 27.6. The molecule has 7 nitrogen and oxygen atoms in total. The van der Waals surface area contributed by atoms with Crippen LogP contribution in [0.25, 0.3) is 0 Å². The largest absolute Gasteiger partial charge is 0.324 e. The Hall–Kier alpha value is -1.09. The average molecular weight is 343 g/mol. The number of aryl methyl sites for hydroxylation is 1. The third-order valence-electron chi connectivity index (χ3n) is 2.00. The molecule has 0 aliphatic carbocycles. The number of halogens is 3. The number of imidazole rings is 1. The number of nitrogens with zero attached hydrogens (tertiary/aromatic N) is 4. The van der Waals surface area contributed by atoms with Crippen molar-refractivity contribution in [1.82, 2.24) is 19.5 Å². The van der Waals surface area contributed by atoms with Crippen LogP contribution in [-0.4, -0.2) is 27.9 Å². The van der Waals surface area contributed by atoms with Gasteiger partial charge in [-0.05, 0) is 11.6 Å². The van der Waals surface area contributed by atoms with Crippen LogP contribution in [0.15, 0.2) is 17.4 Å². The van der Waals surface area contributed by atoms with E-state index < -0.39 is 10.0 Å². The van der Waals surface area contributed by atoms with Crippen molar-refractivity contribution in [3.8, 4) is 0 Å². The molecule has 0 saturated carbocycles. The molecule has 2 aromatic rings. The van der Waals surface area contributed by atoms with Gasteiger partial charge in [-0.15, -0.1) is 0 Å². The molecule has 0 radical (unpaired) electrons. The predicted molar refractivity (Wildman–Crippen MR) is 71.1 cm³/mol. The number of anilines is 1. The van der Waals surface area contributed by atoms with E-state index in [0.29, 0.717) is 0 Å². The second kappa shape index (κ2) is 5.12. The molecule has 102 valence electrons. The first kappa shape index (κ1) is 14.3. The van der Waals surface area contributed by atoms with Crippen LogP contribution in [0.4, 0.5) is 5.82 Å². The normalized spacial score (nSPS) is 11.6. The number of rotatable bonds is 3. The maximum Gasteiger partial charge on any atom is 0.283 e. The summed E-state index contributed by atoms with van der Waals surface area (Å²) in [7, 11) is -2.42. The van der Waals surface area contributed by atoms with Gasteiger partial charge < -0.3 is 4.57 Å². The van der Waals surface area contributed by atoms with E-state index in [1.165, 1.54) is 17.0 Å². The van der Waals surface area contributed by atoms with Gasteiger partial charge >= 0.3 is 0 Å². The van der Waals surface area contributed by atoms with Crippen LogP contribution in [0.3, 0.4) is 0 Å². The second-order valence-electron chi connectivity index (χ2n) is 3.40. The first-order valence-electron chi connectivity index (χ1n) is 4.69. The first-order valence-corrected chi connectivity index (χ1v) is 7.31. The van der Waals surface area contributed by atoms with E-state index in [0.717, 1.165) is 0 Å². The van der Waals surface area contributed by atoms with Crippen molar-refractivity contribution in [2.75, 3.05) is 4.72 Å². The van der Waals surface area contributed by atoms with Gasteiger partial charge in [0.1, 0.15) is 16.1 Å². The van der Waals surface area contributed by atoms with Crippen molar-refractivity contribution in [2.45, 2.75) is 5.03 Å². The van der Waals surface area contributed by atoms with E-state index in [1.807, 2.05) is 0 Å². The summed E-state index contributed by atoms with van der Waals surface area (Å²) in [6, 6.07) is 1.21. The fourth-order valence-electron chi connectivity index (χ4n) is 1.20. The maximum absolute atomic E-state index is 12.0. The Bertz CT molecular complexity index is 710. The third-order valence-corrected chi connectivity index (χ3v) is 4.20. The molecule has 0 aromatic carbocycles. The summed E-state index contributed by atoms with van der Waals surface area (Å²) in [5.74, 6) is -0.0771. The standard InChI is InChI=1S/C8H6Cl3N5O2S/c1-16-3-12-7(6(16)10)19(17,18)15-5-2-4(9)13-8(11)14-5/h2-3H,1H3,(H,13,14,15). The predicted octanol–water partition coefficient (Wildman–Crippen LogP) is 1.97. The van der Waals surface area contributed by atoms with Crippen molar-refractivity contribution in [1.29, 1.82) is 0 Å². The first-order chi connectivity index (χ1) is 8.79. The van der Waals surface area contributed by atoms with Gasteiger partial charge in [-0.25, -0.2) is 9.97 Å². The fraction of sp³-hybridized carbons (Fsp3) is 0.125. The second-order valence-corrected chi connectivity index (χ2v) is 6.08. The quantitative estimate of drug-likeness (QED) is 0.680. The molecule has 11 heteroatoms. The zero-order valence-electron chi connectivity index (χ0n) is 9.30. The van der Waals surface area contributed by atoms with Crippen LogP contribution in [0.2, 0.25) is 15.6 Å². The number of hydrogen-bond acceptors (Lipinski definition) is 5. The number of hydrogen-bond donors (Lipinski definition) is 1. The summed E-state index contributed by atoms with van der Waals surface area (Å²) >= 11 is 17.0. The Morgan fingerprint density at radius 2 is 1.95 bits per heavy atom. The minimum Gasteiger partial charge on any atom is -0.324 e. The summed E-state index contributed by atoms with van der Waals surface area (Å²) in [5, 5.41) is -0.525. The van der Waals surface area contributed by atoms with Gasteiger partial charge in [0.15, 0.2) is 0 Å². The molecule has 1 N–H and O–H groups in total. The summed E-state index contributed by atoms with van der Waals surface area (Å²) in [6.07, 6.45) is 1.27. The van der Waals surface area contributed by atoms with Crippen LogP contribution in [-0.2, 0) is 17.1 Å². The van der Waals surface area contributed by atoms with E-state index in [9.17, 15) is 8.42 Å². The minimum absolute atomic E-state index is 0.00446. The lowest BCUT2D eigenvalue weighted by atomic mass is 10.6. The smallest absolute Gasteiger partial charge is 0.283 e. The van der Waals surface area contributed by atoms with Crippen molar-refractivity contribution < 1.29 is 8.42 Å². The van der Waals surface area contributed by atoms with Gasteiger partial charge in [-0.2, -0.15) is 13.4 Å². The molecular weight excluding hydrogens is 337 g/mol. The highest BCUT2D eigenvalue weighted by Crippen LogP contribution is 2.22. The lowest BCUT2D eigenvalue weighted by molar-refractivity contribution is 0.598. The fourth-order valence-corrected chi connectivity index (χ4v) is 3.04. The summed E-state index contributed by atoms with van der Waals surface area (Å²) in [5.41, 5.74) is 0. The molecule has 0 bridgehead atoms. The SMILES string of the molecule is Cn1cnc(S(=O)(=O)Nc2cc(Cl)nc(Cl)n2)c1Cl. The number of sulfonamides is 1. The molecule has 2 heterocycles. The van der Waals surface area contributed by atoms with Crippen molar-refractivity contribution >= 4 is 50.6 Å². The molecule has 0 aliphatic rings. The van der Waals surface area contributed by atoms with Gasteiger partial charge in [-0.3, -0.25) is 4.72 Å². The lowest BCUT2D eigenvalue weighted by Crippen LogP contribution is -2.15. The van der Waals surface area contributed by atoms with E-state index in [4.69, 9.17) is 34.8 Å². The molecule has 2 aromatic heterocycles. The molecule has 0 atom stereocenters. The average Bonchev–Trinajstić information content (AvgIpc) is 2.57. The molecule has 19 heavy (non-hydrogen) atoms. The summed E-state index contributed by atoms with van der Waals surface area (Å²) in [6.45, 7) is 0. The topological polar surface area (TPSA) is 89.8 Å². The molecule has 0 aliphatic heterocycles. The third kappa shape index (κ3) is 3.08. The van der Waals surface area contributed by atoms with Gasteiger partial charge in [0.05, 0.1) is 6.33 Å². The van der Waals surface area contributed by atoms with Gasteiger partial charge in [0, 0.05) is 13.1 Å². The Balaban J connectivity index is 2.39. The molecule has 0 saturated heterocycles. The van der Waals surface area contributed by atoms with Crippen molar-refractivity contribution in [3.63, 3.8) is 0 Å². The number of aromatic nitrogens is 4. The van der Waals surface area contributed by atoms with Crippen LogP contribution in [0.5, 0.6) is 0 Å². The highest BCUT2D eigenvalue weighted by atomic mass is 35.5. The molecule has 0 unspecified atom stereocenters. The van der Waals surface area contributed by atoms with Gasteiger partial charge in [0.25, 0.3) is 10.0 Å². The van der Waals surface area contributed by atoms with E-state index in [1.54, 1.807) is 7.05 Å². The van der Waals surface area contributed by atoms with Gasteiger partial charge in [0.2, 0.25) is 10.3 Å². The Morgan fingerprint density at radius 3 is 2.47 bits per heavy atom. The van der Waals surface area contributed by atoms with Gasteiger partial charge in [-0.1, -0.05) is 23.2 Å². The summed E-state index contributed by atoms with van der Waals surface area (Å²) in [4.78, 5) is 11.0. The van der Waals surface area contributed by atoms with E-state index in [-0.39, 0.29) is 26.4 Å². The highest BCUT2D eigenvalue weighted by Gasteiger charge is 2.23. The van der Waals surface area contributed by atoms with Crippen molar-refractivity contribution in [2.24, 2.45) is 7.05 Å². The molecular formula is C8H6Cl3N5O2S. The highest BCUT2D eigenvalue weighted by molar-refractivity contribution is 7.92. The zero-order chi connectivity index (χ0) is 14.2. The molecule has 0 amide bonds. The molecule has 2 rings (SSSR count). The molecule has 0 fully saturated rings.